The minimum Gasteiger partial charge on any atom is -0.455 e. The van der Waals surface area contributed by atoms with Gasteiger partial charge in [0, 0.05) is 44.0 Å². The van der Waals surface area contributed by atoms with Crippen molar-refractivity contribution in [2.24, 2.45) is 0 Å². The summed E-state index contributed by atoms with van der Waals surface area (Å²) in [4.78, 5) is 2.40. The average Bonchev–Trinajstić information content (AvgIpc) is 3.81. The van der Waals surface area contributed by atoms with E-state index in [2.05, 4.69) is 179 Å². The molecule has 0 fully saturated rings. The van der Waals surface area contributed by atoms with Gasteiger partial charge in [-0.2, -0.15) is 0 Å². The summed E-state index contributed by atoms with van der Waals surface area (Å²) in [5, 5.41) is 7.00. The average molecular weight is 717 g/mol. The molecular formula is C52H32N2O2. The Balaban J connectivity index is 1.07. The van der Waals surface area contributed by atoms with Crippen molar-refractivity contribution < 1.29 is 9.15 Å². The predicted molar refractivity (Wildman–Crippen MR) is 231 cm³/mol. The molecule has 56 heavy (non-hydrogen) atoms. The Labute approximate surface area is 322 Å². The van der Waals surface area contributed by atoms with Crippen molar-refractivity contribution in [2.75, 3.05) is 4.90 Å². The van der Waals surface area contributed by atoms with Gasteiger partial charge < -0.3 is 18.6 Å². The molecule has 12 rings (SSSR count). The molecule has 0 spiro atoms. The highest BCUT2D eigenvalue weighted by molar-refractivity contribution is 6.14. The number of nitrogens with zero attached hydrogens (tertiary/aromatic N) is 2. The SMILES string of the molecule is c1cc(-c2cccc3c2oc2ccccc23)cc(N(c2ccc3ccccc3c2)c2ccccc2-c2ccc3c(c2)c2cccc4c2n3-c2ccccc2O4)c1. The number of anilines is 3. The Hall–Kier alpha value is -7.56. The smallest absolute Gasteiger partial charge is 0.152 e. The van der Waals surface area contributed by atoms with Crippen LogP contribution in [0.2, 0.25) is 0 Å². The summed E-state index contributed by atoms with van der Waals surface area (Å²) < 4.78 is 15.3. The molecule has 1 aliphatic rings. The third-order valence-corrected chi connectivity index (χ3v) is 11.3. The van der Waals surface area contributed by atoms with E-state index in [9.17, 15) is 0 Å². The fraction of sp³-hybridized carbons (Fsp3) is 0. The van der Waals surface area contributed by atoms with Gasteiger partial charge in [-0.15, -0.1) is 0 Å². The highest BCUT2D eigenvalue weighted by Crippen LogP contribution is 2.48. The predicted octanol–water partition coefficient (Wildman–Crippen LogP) is 14.7. The van der Waals surface area contributed by atoms with Crippen molar-refractivity contribution in [3.8, 4) is 39.4 Å². The van der Waals surface area contributed by atoms with Gasteiger partial charge in [-0.3, -0.25) is 0 Å². The Morgan fingerprint density at radius 3 is 2.12 bits per heavy atom. The molecule has 4 nitrogen and oxygen atoms in total. The first-order valence-electron chi connectivity index (χ1n) is 19.0. The molecule has 0 atom stereocenters. The van der Waals surface area contributed by atoms with Gasteiger partial charge in [-0.1, -0.05) is 127 Å². The first-order chi connectivity index (χ1) is 27.8. The maximum absolute atomic E-state index is 6.52. The lowest BCUT2D eigenvalue weighted by Gasteiger charge is -2.28. The molecule has 0 bridgehead atoms. The van der Waals surface area contributed by atoms with Crippen LogP contribution in [0.25, 0.3) is 82.5 Å². The largest absolute Gasteiger partial charge is 0.455 e. The third kappa shape index (κ3) is 4.60. The molecule has 0 amide bonds. The number of fused-ring (bicyclic) bond motifs is 9. The van der Waals surface area contributed by atoms with Crippen molar-refractivity contribution in [1.29, 1.82) is 0 Å². The van der Waals surface area contributed by atoms with E-state index in [1.54, 1.807) is 0 Å². The molecule has 0 radical (unpaired) electrons. The molecule has 0 aliphatic carbocycles. The van der Waals surface area contributed by atoms with Crippen LogP contribution in [0.4, 0.5) is 17.1 Å². The van der Waals surface area contributed by atoms with Crippen LogP contribution >= 0.6 is 0 Å². The summed E-state index contributed by atoms with van der Waals surface area (Å²) in [7, 11) is 0. The van der Waals surface area contributed by atoms with Crippen LogP contribution in [-0.4, -0.2) is 4.57 Å². The van der Waals surface area contributed by atoms with Gasteiger partial charge in [0.1, 0.15) is 11.2 Å². The second kappa shape index (κ2) is 12.0. The number of hydrogen-bond donors (Lipinski definition) is 0. The van der Waals surface area contributed by atoms with Gasteiger partial charge >= 0.3 is 0 Å². The van der Waals surface area contributed by atoms with Gasteiger partial charge in [0.2, 0.25) is 0 Å². The van der Waals surface area contributed by atoms with E-state index in [1.807, 2.05) is 24.3 Å². The lowest BCUT2D eigenvalue weighted by Crippen LogP contribution is -2.11. The number of benzene rings is 9. The molecule has 262 valence electrons. The molecule has 0 saturated heterocycles. The van der Waals surface area contributed by atoms with Crippen LogP contribution in [0.3, 0.4) is 0 Å². The molecule has 1 aliphatic heterocycles. The first kappa shape index (κ1) is 30.9. The number of aromatic nitrogens is 1. The minimum atomic E-state index is 0.865. The fourth-order valence-electron chi connectivity index (χ4n) is 8.83. The lowest BCUT2D eigenvalue weighted by molar-refractivity contribution is 0.476. The second-order valence-electron chi connectivity index (χ2n) is 14.5. The van der Waals surface area contributed by atoms with Gasteiger partial charge in [-0.05, 0) is 88.6 Å². The molecule has 0 unspecified atom stereocenters. The molecule has 4 heteroatoms. The highest BCUT2D eigenvalue weighted by Gasteiger charge is 2.25. The van der Waals surface area contributed by atoms with E-state index in [-0.39, 0.29) is 0 Å². The molecule has 11 aromatic rings. The topological polar surface area (TPSA) is 30.5 Å². The summed E-state index contributed by atoms with van der Waals surface area (Å²) in [6.07, 6.45) is 0. The van der Waals surface area contributed by atoms with Crippen LogP contribution in [0.5, 0.6) is 11.5 Å². The quantitative estimate of drug-likeness (QED) is 0.178. The summed E-state index contributed by atoms with van der Waals surface area (Å²) >= 11 is 0. The van der Waals surface area contributed by atoms with Gasteiger partial charge in [0.05, 0.1) is 22.4 Å². The first-order valence-corrected chi connectivity index (χ1v) is 19.0. The van der Waals surface area contributed by atoms with Crippen molar-refractivity contribution in [3.05, 3.63) is 194 Å². The van der Waals surface area contributed by atoms with Crippen molar-refractivity contribution in [1.82, 2.24) is 4.57 Å². The Morgan fingerprint density at radius 1 is 0.429 bits per heavy atom. The fourth-order valence-corrected chi connectivity index (χ4v) is 8.83. The summed E-state index contributed by atoms with van der Waals surface area (Å²) in [5.41, 5.74) is 12.8. The Kier molecular flexibility index (Phi) is 6.60. The van der Waals surface area contributed by atoms with Crippen molar-refractivity contribution in [2.45, 2.75) is 0 Å². The third-order valence-electron chi connectivity index (χ3n) is 11.3. The van der Waals surface area contributed by atoms with Crippen molar-refractivity contribution in [3.63, 3.8) is 0 Å². The second-order valence-corrected chi connectivity index (χ2v) is 14.5. The zero-order valence-electron chi connectivity index (χ0n) is 30.2. The normalized spacial score (nSPS) is 12.1. The van der Waals surface area contributed by atoms with E-state index in [0.717, 1.165) is 89.5 Å². The Bertz CT molecular complexity index is 3370. The number of hydrogen-bond acceptors (Lipinski definition) is 3. The summed E-state index contributed by atoms with van der Waals surface area (Å²) in [5.74, 6) is 1.74. The van der Waals surface area contributed by atoms with E-state index < -0.39 is 0 Å². The number of rotatable bonds is 5. The maximum Gasteiger partial charge on any atom is 0.152 e. The van der Waals surface area contributed by atoms with Crippen LogP contribution in [0.1, 0.15) is 0 Å². The van der Waals surface area contributed by atoms with Gasteiger partial charge in [-0.25, -0.2) is 0 Å². The van der Waals surface area contributed by atoms with Crippen molar-refractivity contribution >= 4 is 71.6 Å². The van der Waals surface area contributed by atoms with Crippen LogP contribution < -0.4 is 9.64 Å². The molecule has 9 aromatic carbocycles. The molecule has 0 saturated carbocycles. The molecule has 0 N–H and O–H groups in total. The maximum atomic E-state index is 6.52. The lowest BCUT2D eigenvalue weighted by atomic mass is 9.98. The van der Waals surface area contributed by atoms with E-state index >= 15 is 0 Å². The van der Waals surface area contributed by atoms with E-state index in [1.165, 1.54) is 21.5 Å². The standard InChI is InChI=1S/C52H32N2O2/c1-2-13-34-30-38(28-26-33(34)12-1)53(37-15-9-14-35(31-37)40-18-10-20-43-41-17-4-7-23-48(41)56-52(40)43)45-21-5-3-16-39(45)36-27-29-46-44(32-36)42-19-11-25-50-51(42)54(46)47-22-6-8-24-49(47)55-50/h1-32H. The minimum absolute atomic E-state index is 0.865. The van der Waals surface area contributed by atoms with Gasteiger partial charge in [0.15, 0.2) is 11.5 Å². The molecule has 3 heterocycles. The molecular weight excluding hydrogens is 685 g/mol. The van der Waals surface area contributed by atoms with Crippen LogP contribution in [0.15, 0.2) is 199 Å². The van der Waals surface area contributed by atoms with Gasteiger partial charge in [0.25, 0.3) is 0 Å². The summed E-state index contributed by atoms with van der Waals surface area (Å²) in [6, 6.07) is 69.1. The number of furan rings is 1. The summed E-state index contributed by atoms with van der Waals surface area (Å²) in [6.45, 7) is 0. The monoisotopic (exact) mass is 716 g/mol. The highest BCUT2D eigenvalue weighted by atomic mass is 16.5. The van der Waals surface area contributed by atoms with Crippen LogP contribution in [0, 0.1) is 0 Å². The van der Waals surface area contributed by atoms with Crippen LogP contribution in [-0.2, 0) is 0 Å². The molecule has 2 aromatic heterocycles. The van der Waals surface area contributed by atoms with E-state index in [4.69, 9.17) is 9.15 Å². The Morgan fingerprint density at radius 2 is 1.14 bits per heavy atom. The zero-order chi connectivity index (χ0) is 36.7. The van der Waals surface area contributed by atoms with E-state index in [0.29, 0.717) is 0 Å². The number of ether oxygens (including phenoxy) is 1. The number of para-hydroxylation sites is 6. The zero-order valence-corrected chi connectivity index (χ0v) is 30.2.